The maximum Gasteiger partial charge on any atom is 0.319 e. The maximum absolute atomic E-state index is 11.7. The Hall–Kier alpha value is -1.75. The second-order valence-corrected chi connectivity index (χ2v) is 4.85. The van der Waals surface area contributed by atoms with Gasteiger partial charge in [0.1, 0.15) is 0 Å². The Labute approximate surface area is 121 Å². The van der Waals surface area contributed by atoms with Gasteiger partial charge in [0.15, 0.2) is 0 Å². The highest BCUT2D eigenvalue weighted by Crippen LogP contribution is 2.15. The largest absolute Gasteiger partial charge is 0.378 e. The van der Waals surface area contributed by atoms with Crippen LogP contribution >= 0.6 is 0 Å². The standard InChI is InChI=1S/C15H26N4O/c1-5-19(6-2)12-11-16-15(20)17-13-7-9-14(10-8-13)18(3)4/h7-10H,5-6,11-12H2,1-4H3,(H2,16,17,20). The van der Waals surface area contributed by atoms with Crippen LogP contribution in [-0.2, 0) is 0 Å². The fourth-order valence-corrected chi connectivity index (χ4v) is 1.89. The molecule has 0 aliphatic rings. The van der Waals surface area contributed by atoms with Crippen molar-refractivity contribution in [1.29, 1.82) is 0 Å². The van der Waals surface area contributed by atoms with Crippen LogP contribution in [0.2, 0.25) is 0 Å². The summed E-state index contributed by atoms with van der Waals surface area (Å²) in [5.41, 5.74) is 1.91. The number of benzene rings is 1. The van der Waals surface area contributed by atoms with Gasteiger partial charge >= 0.3 is 6.03 Å². The summed E-state index contributed by atoms with van der Waals surface area (Å²) in [6, 6.07) is 7.60. The average molecular weight is 278 g/mol. The third kappa shape index (κ3) is 5.48. The highest BCUT2D eigenvalue weighted by Gasteiger charge is 2.03. The van der Waals surface area contributed by atoms with Crippen LogP contribution in [0.25, 0.3) is 0 Å². The Balaban J connectivity index is 2.35. The summed E-state index contributed by atoms with van der Waals surface area (Å²) in [7, 11) is 3.98. The van der Waals surface area contributed by atoms with Crippen LogP contribution < -0.4 is 15.5 Å². The van der Waals surface area contributed by atoms with Crippen molar-refractivity contribution in [3.63, 3.8) is 0 Å². The van der Waals surface area contributed by atoms with E-state index in [4.69, 9.17) is 0 Å². The van der Waals surface area contributed by atoms with E-state index in [2.05, 4.69) is 29.4 Å². The van der Waals surface area contributed by atoms with Crippen molar-refractivity contribution >= 4 is 17.4 Å². The van der Waals surface area contributed by atoms with E-state index in [1.807, 2.05) is 43.3 Å². The van der Waals surface area contributed by atoms with E-state index < -0.39 is 0 Å². The first-order chi connectivity index (χ1) is 9.56. The number of urea groups is 1. The second-order valence-electron chi connectivity index (χ2n) is 4.85. The SMILES string of the molecule is CCN(CC)CCNC(=O)Nc1ccc(N(C)C)cc1. The number of anilines is 2. The molecule has 0 unspecified atom stereocenters. The lowest BCUT2D eigenvalue weighted by Crippen LogP contribution is -2.36. The third-order valence-electron chi connectivity index (χ3n) is 3.25. The summed E-state index contributed by atoms with van der Waals surface area (Å²) in [6.07, 6.45) is 0. The lowest BCUT2D eigenvalue weighted by Gasteiger charge is -2.18. The molecule has 112 valence electrons. The first kappa shape index (κ1) is 16.3. The van der Waals surface area contributed by atoms with Crippen LogP contribution in [0, 0.1) is 0 Å². The third-order valence-corrected chi connectivity index (χ3v) is 3.25. The highest BCUT2D eigenvalue weighted by molar-refractivity contribution is 5.89. The molecule has 0 atom stereocenters. The van der Waals surface area contributed by atoms with Crippen molar-refractivity contribution in [2.24, 2.45) is 0 Å². The van der Waals surface area contributed by atoms with E-state index in [1.54, 1.807) is 0 Å². The molecule has 1 aromatic carbocycles. The zero-order valence-electron chi connectivity index (χ0n) is 12.9. The molecular weight excluding hydrogens is 252 g/mol. The number of amides is 2. The first-order valence-electron chi connectivity index (χ1n) is 7.11. The van der Waals surface area contributed by atoms with Crippen molar-refractivity contribution in [2.45, 2.75) is 13.8 Å². The van der Waals surface area contributed by atoms with Crippen molar-refractivity contribution < 1.29 is 4.79 Å². The normalized spacial score (nSPS) is 10.4. The molecule has 0 saturated carbocycles. The number of nitrogens with zero attached hydrogens (tertiary/aromatic N) is 2. The molecule has 0 radical (unpaired) electrons. The number of rotatable bonds is 7. The molecule has 1 rings (SSSR count). The zero-order valence-corrected chi connectivity index (χ0v) is 12.9. The van der Waals surface area contributed by atoms with Gasteiger partial charge in [-0.05, 0) is 37.4 Å². The maximum atomic E-state index is 11.7. The van der Waals surface area contributed by atoms with Crippen LogP contribution in [0.3, 0.4) is 0 Å². The van der Waals surface area contributed by atoms with Gasteiger partial charge in [-0.1, -0.05) is 13.8 Å². The fraction of sp³-hybridized carbons (Fsp3) is 0.533. The Bertz CT molecular complexity index is 399. The molecule has 0 saturated heterocycles. The van der Waals surface area contributed by atoms with E-state index in [9.17, 15) is 4.79 Å². The Morgan fingerprint density at radius 2 is 1.70 bits per heavy atom. The summed E-state index contributed by atoms with van der Waals surface area (Å²) in [5.74, 6) is 0. The summed E-state index contributed by atoms with van der Waals surface area (Å²) in [5, 5.41) is 5.70. The minimum Gasteiger partial charge on any atom is -0.378 e. The summed E-state index contributed by atoms with van der Waals surface area (Å²) >= 11 is 0. The van der Waals surface area contributed by atoms with Crippen molar-refractivity contribution in [3.05, 3.63) is 24.3 Å². The molecule has 1 aromatic rings. The number of hydrogen-bond acceptors (Lipinski definition) is 3. The van der Waals surface area contributed by atoms with Crippen LogP contribution in [0.1, 0.15) is 13.8 Å². The molecule has 0 spiro atoms. The summed E-state index contributed by atoms with van der Waals surface area (Å²) in [6.45, 7) is 7.78. The quantitative estimate of drug-likeness (QED) is 0.804. The fourth-order valence-electron chi connectivity index (χ4n) is 1.89. The Morgan fingerprint density at radius 3 is 2.20 bits per heavy atom. The summed E-state index contributed by atoms with van der Waals surface area (Å²) in [4.78, 5) is 16.0. The van der Waals surface area contributed by atoms with E-state index in [0.717, 1.165) is 31.0 Å². The molecule has 5 nitrogen and oxygen atoms in total. The van der Waals surface area contributed by atoms with Gasteiger partial charge < -0.3 is 20.4 Å². The van der Waals surface area contributed by atoms with Crippen LogP contribution in [0.5, 0.6) is 0 Å². The topological polar surface area (TPSA) is 47.6 Å². The predicted octanol–water partition coefficient (Wildman–Crippen LogP) is 2.22. The Morgan fingerprint density at radius 1 is 1.10 bits per heavy atom. The molecular formula is C15H26N4O. The predicted molar refractivity (Wildman–Crippen MR) is 85.6 cm³/mol. The number of nitrogens with one attached hydrogen (secondary N) is 2. The average Bonchev–Trinajstić information content (AvgIpc) is 2.44. The van der Waals surface area contributed by atoms with Gasteiger partial charge in [-0.15, -0.1) is 0 Å². The van der Waals surface area contributed by atoms with Gasteiger partial charge in [0.05, 0.1) is 0 Å². The van der Waals surface area contributed by atoms with Gasteiger partial charge in [0, 0.05) is 38.6 Å². The number of carbonyl (C=O) groups excluding carboxylic acids is 1. The molecule has 5 heteroatoms. The number of likely N-dealkylation sites (N-methyl/N-ethyl adjacent to an activating group) is 1. The lowest BCUT2D eigenvalue weighted by molar-refractivity contribution is 0.248. The van der Waals surface area contributed by atoms with Gasteiger partial charge in [0.25, 0.3) is 0 Å². The monoisotopic (exact) mass is 278 g/mol. The minimum atomic E-state index is -0.158. The molecule has 2 N–H and O–H groups in total. The van der Waals surface area contributed by atoms with Gasteiger partial charge in [-0.2, -0.15) is 0 Å². The Kier molecular flexibility index (Phi) is 6.87. The first-order valence-corrected chi connectivity index (χ1v) is 7.11. The van der Waals surface area contributed by atoms with Gasteiger partial charge in [-0.25, -0.2) is 4.79 Å². The highest BCUT2D eigenvalue weighted by atomic mass is 16.2. The van der Waals surface area contributed by atoms with Crippen LogP contribution in [0.15, 0.2) is 24.3 Å². The molecule has 0 aliphatic heterocycles. The van der Waals surface area contributed by atoms with Crippen molar-refractivity contribution in [2.75, 3.05) is 50.5 Å². The second kappa shape index (κ2) is 8.43. The van der Waals surface area contributed by atoms with E-state index in [-0.39, 0.29) is 6.03 Å². The molecule has 0 aromatic heterocycles. The van der Waals surface area contributed by atoms with Gasteiger partial charge in [-0.3, -0.25) is 0 Å². The zero-order chi connectivity index (χ0) is 15.0. The van der Waals surface area contributed by atoms with Gasteiger partial charge in [0.2, 0.25) is 0 Å². The van der Waals surface area contributed by atoms with Crippen LogP contribution in [0.4, 0.5) is 16.2 Å². The van der Waals surface area contributed by atoms with Crippen molar-refractivity contribution in [1.82, 2.24) is 10.2 Å². The van der Waals surface area contributed by atoms with Crippen LogP contribution in [-0.4, -0.2) is 51.2 Å². The van der Waals surface area contributed by atoms with E-state index in [0.29, 0.717) is 6.54 Å². The number of carbonyl (C=O) groups is 1. The molecule has 0 bridgehead atoms. The molecule has 20 heavy (non-hydrogen) atoms. The molecule has 0 aliphatic carbocycles. The smallest absolute Gasteiger partial charge is 0.319 e. The number of hydrogen-bond donors (Lipinski definition) is 2. The molecule has 2 amide bonds. The van der Waals surface area contributed by atoms with E-state index in [1.165, 1.54) is 0 Å². The summed E-state index contributed by atoms with van der Waals surface area (Å²) < 4.78 is 0. The minimum absolute atomic E-state index is 0.158. The molecule has 0 heterocycles. The van der Waals surface area contributed by atoms with E-state index >= 15 is 0 Å². The van der Waals surface area contributed by atoms with Crippen molar-refractivity contribution in [3.8, 4) is 0 Å². The lowest BCUT2D eigenvalue weighted by atomic mass is 10.2. The molecule has 0 fully saturated rings.